The quantitative estimate of drug-likeness (QED) is 0.362. The van der Waals surface area contributed by atoms with E-state index < -0.39 is 11.9 Å². The lowest BCUT2D eigenvalue weighted by atomic mass is 10.1. The molecule has 2 N–H and O–H groups in total. The van der Waals surface area contributed by atoms with E-state index in [-0.39, 0.29) is 10.7 Å². The predicted octanol–water partition coefficient (Wildman–Crippen LogP) is 4.45. The molecular formula is C20H19BrN4O4S2. The number of benzene rings is 1. The van der Waals surface area contributed by atoms with E-state index in [2.05, 4.69) is 31.7 Å². The zero-order chi connectivity index (χ0) is 22.5. The van der Waals surface area contributed by atoms with E-state index in [9.17, 15) is 9.59 Å². The molecule has 0 saturated heterocycles. The highest BCUT2D eigenvalue weighted by molar-refractivity contribution is 9.10. The minimum atomic E-state index is -0.568. The molecule has 0 spiro atoms. The summed E-state index contributed by atoms with van der Waals surface area (Å²) in [7, 11) is 2.56. The molecule has 1 aromatic carbocycles. The summed E-state index contributed by atoms with van der Waals surface area (Å²) >= 11 is 9.88. The van der Waals surface area contributed by atoms with Crippen molar-refractivity contribution in [2.75, 3.05) is 24.9 Å². The van der Waals surface area contributed by atoms with Gasteiger partial charge in [-0.15, -0.1) is 11.3 Å². The lowest BCUT2D eigenvalue weighted by Gasteiger charge is -2.12. The molecular weight excluding hydrogens is 504 g/mol. The maximum absolute atomic E-state index is 12.3. The second kappa shape index (κ2) is 10.0. The zero-order valence-electron chi connectivity index (χ0n) is 16.9. The van der Waals surface area contributed by atoms with Crippen LogP contribution in [0.1, 0.15) is 31.2 Å². The minimum absolute atomic E-state index is 0.245. The Morgan fingerprint density at radius 2 is 1.97 bits per heavy atom. The Balaban J connectivity index is 1.77. The number of rotatable bonds is 6. The van der Waals surface area contributed by atoms with E-state index in [1.54, 1.807) is 13.1 Å². The van der Waals surface area contributed by atoms with Crippen molar-refractivity contribution in [3.8, 4) is 0 Å². The molecule has 162 valence electrons. The summed E-state index contributed by atoms with van der Waals surface area (Å²) in [5.41, 5.74) is 2.51. The van der Waals surface area contributed by atoms with Gasteiger partial charge in [0, 0.05) is 11.9 Å². The molecule has 0 unspecified atom stereocenters. The van der Waals surface area contributed by atoms with Crippen molar-refractivity contribution in [2.45, 2.75) is 13.5 Å². The van der Waals surface area contributed by atoms with Gasteiger partial charge >= 0.3 is 11.9 Å². The number of thiophene rings is 1. The van der Waals surface area contributed by atoms with Gasteiger partial charge in [0.15, 0.2) is 5.11 Å². The van der Waals surface area contributed by atoms with E-state index in [4.69, 9.17) is 21.7 Å². The van der Waals surface area contributed by atoms with Crippen molar-refractivity contribution in [2.24, 2.45) is 0 Å². The monoisotopic (exact) mass is 522 g/mol. The lowest BCUT2D eigenvalue weighted by Crippen LogP contribution is -2.20. The number of aromatic nitrogens is 2. The first-order valence-electron chi connectivity index (χ1n) is 8.97. The third kappa shape index (κ3) is 5.49. The van der Waals surface area contributed by atoms with Crippen molar-refractivity contribution in [3.63, 3.8) is 0 Å². The van der Waals surface area contributed by atoms with Crippen LogP contribution >= 0.6 is 39.5 Å². The first-order valence-corrected chi connectivity index (χ1v) is 11.0. The third-order valence-electron chi connectivity index (χ3n) is 4.27. The Morgan fingerprint density at radius 3 is 2.61 bits per heavy atom. The number of nitrogens with one attached hydrogen (secondary N) is 2. The molecule has 0 aliphatic carbocycles. The average molecular weight is 523 g/mol. The highest BCUT2D eigenvalue weighted by atomic mass is 79.9. The Labute approximate surface area is 196 Å². The topological polar surface area (TPSA) is 94.5 Å². The number of carbonyl (C=O) groups is 2. The summed E-state index contributed by atoms with van der Waals surface area (Å²) in [5, 5.41) is 11.0. The molecule has 0 aliphatic heterocycles. The first-order chi connectivity index (χ1) is 14.8. The van der Waals surface area contributed by atoms with Crippen molar-refractivity contribution in [3.05, 3.63) is 62.7 Å². The summed E-state index contributed by atoms with van der Waals surface area (Å²) in [6.07, 6.45) is 3.62. The lowest BCUT2D eigenvalue weighted by molar-refractivity contribution is 0.0601. The Hall–Kier alpha value is -2.76. The van der Waals surface area contributed by atoms with Crippen molar-refractivity contribution in [1.82, 2.24) is 9.78 Å². The number of methoxy groups -OCH3 is 2. The summed E-state index contributed by atoms with van der Waals surface area (Å²) in [5.74, 6) is -1.10. The minimum Gasteiger partial charge on any atom is -0.465 e. The van der Waals surface area contributed by atoms with Crippen LogP contribution in [0.25, 0.3) is 0 Å². The number of nitrogens with zero attached hydrogens (tertiary/aromatic N) is 2. The SMILES string of the molecule is COC(=O)c1sc(NC(=S)Nc2cccc(Cn3cc(Br)cn3)c2)c(C(=O)OC)c1C. The fourth-order valence-electron chi connectivity index (χ4n) is 2.86. The summed E-state index contributed by atoms with van der Waals surface area (Å²) in [6.45, 7) is 2.26. The molecule has 31 heavy (non-hydrogen) atoms. The van der Waals surface area contributed by atoms with Crippen LogP contribution in [0.2, 0.25) is 0 Å². The molecule has 3 aromatic rings. The Morgan fingerprint density at radius 1 is 1.23 bits per heavy atom. The van der Waals surface area contributed by atoms with E-state index in [1.807, 2.05) is 35.1 Å². The molecule has 0 amide bonds. The van der Waals surface area contributed by atoms with Gasteiger partial charge in [-0.1, -0.05) is 12.1 Å². The molecule has 11 heteroatoms. The van der Waals surface area contributed by atoms with Crippen molar-refractivity contribution < 1.29 is 19.1 Å². The molecule has 0 saturated carbocycles. The standard InChI is InChI=1S/C20H19BrN4O4S2/c1-11-15(18(26)28-2)17(31-16(11)19(27)29-3)24-20(30)23-14-6-4-5-12(7-14)9-25-10-13(21)8-22-25/h4-8,10H,9H2,1-3H3,(H2,23,24,30). The second-order valence-electron chi connectivity index (χ2n) is 6.38. The first kappa shape index (κ1) is 22.9. The number of carbonyl (C=O) groups excluding carboxylic acids is 2. The molecule has 0 fully saturated rings. The Bertz CT molecular complexity index is 1140. The predicted molar refractivity (Wildman–Crippen MR) is 127 cm³/mol. The summed E-state index contributed by atoms with van der Waals surface area (Å²) in [4.78, 5) is 24.6. The van der Waals surface area contributed by atoms with E-state index in [0.717, 1.165) is 27.1 Å². The van der Waals surface area contributed by atoms with Crippen LogP contribution in [0.15, 0.2) is 41.1 Å². The van der Waals surface area contributed by atoms with Crippen LogP contribution in [-0.4, -0.2) is 41.1 Å². The number of hydrogen-bond donors (Lipinski definition) is 2. The highest BCUT2D eigenvalue weighted by Gasteiger charge is 2.26. The van der Waals surface area contributed by atoms with Gasteiger partial charge in [0.05, 0.1) is 37.0 Å². The number of halogens is 1. The van der Waals surface area contributed by atoms with Gasteiger partial charge in [-0.05, 0) is 58.3 Å². The van der Waals surface area contributed by atoms with Crippen LogP contribution in [0.4, 0.5) is 10.7 Å². The van der Waals surface area contributed by atoms with Crippen LogP contribution in [0.5, 0.6) is 0 Å². The van der Waals surface area contributed by atoms with Crippen LogP contribution in [0.3, 0.4) is 0 Å². The second-order valence-corrected chi connectivity index (χ2v) is 8.72. The number of ether oxygens (including phenoxy) is 2. The van der Waals surface area contributed by atoms with Gasteiger partial charge in [0.25, 0.3) is 0 Å². The van der Waals surface area contributed by atoms with Crippen LogP contribution in [0, 0.1) is 6.92 Å². The molecule has 0 radical (unpaired) electrons. The van der Waals surface area contributed by atoms with Gasteiger partial charge < -0.3 is 20.1 Å². The van der Waals surface area contributed by atoms with Gasteiger partial charge in [-0.2, -0.15) is 5.10 Å². The van der Waals surface area contributed by atoms with Crippen molar-refractivity contribution >= 4 is 67.2 Å². The maximum atomic E-state index is 12.3. The summed E-state index contributed by atoms with van der Waals surface area (Å²) in [6, 6.07) is 7.71. The largest absolute Gasteiger partial charge is 0.465 e. The summed E-state index contributed by atoms with van der Waals surface area (Å²) < 4.78 is 12.4. The fourth-order valence-corrected chi connectivity index (χ4v) is 4.59. The molecule has 0 atom stereocenters. The molecule has 8 nitrogen and oxygen atoms in total. The smallest absolute Gasteiger partial charge is 0.348 e. The van der Waals surface area contributed by atoms with Gasteiger partial charge in [-0.3, -0.25) is 4.68 Å². The van der Waals surface area contributed by atoms with Crippen molar-refractivity contribution in [1.29, 1.82) is 0 Å². The van der Waals surface area contributed by atoms with Gasteiger partial charge in [-0.25, -0.2) is 9.59 Å². The van der Waals surface area contributed by atoms with Crippen LogP contribution in [-0.2, 0) is 16.0 Å². The molecule has 0 aliphatic rings. The number of esters is 2. The fraction of sp³-hybridized carbons (Fsp3) is 0.200. The third-order valence-corrected chi connectivity index (χ3v) is 6.07. The van der Waals surface area contributed by atoms with E-state index >= 15 is 0 Å². The molecule has 2 aromatic heterocycles. The molecule has 3 rings (SSSR count). The van der Waals surface area contributed by atoms with E-state index in [1.165, 1.54) is 14.2 Å². The maximum Gasteiger partial charge on any atom is 0.348 e. The van der Waals surface area contributed by atoms with Gasteiger partial charge in [0.2, 0.25) is 0 Å². The molecule has 2 heterocycles. The van der Waals surface area contributed by atoms with Gasteiger partial charge in [0.1, 0.15) is 9.88 Å². The zero-order valence-corrected chi connectivity index (χ0v) is 20.1. The highest BCUT2D eigenvalue weighted by Crippen LogP contribution is 2.34. The number of anilines is 2. The Kier molecular flexibility index (Phi) is 7.42. The normalized spacial score (nSPS) is 10.5. The number of hydrogen-bond acceptors (Lipinski definition) is 7. The molecule has 0 bridgehead atoms. The van der Waals surface area contributed by atoms with E-state index in [0.29, 0.717) is 22.0 Å². The average Bonchev–Trinajstić information content (AvgIpc) is 3.29. The van der Waals surface area contributed by atoms with Crippen LogP contribution < -0.4 is 10.6 Å². The number of thiocarbonyl (C=S) groups is 1.